The fraction of sp³-hybridized carbons (Fsp3) is 0.360. The second kappa shape index (κ2) is 9.34. The van der Waals surface area contributed by atoms with Gasteiger partial charge < -0.3 is 9.80 Å². The summed E-state index contributed by atoms with van der Waals surface area (Å²) >= 11 is 0. The maximum Gasteiger partial charge on any atom is 0.269 e. The minimum atomic E-state index is -0.398. The van der Waals surface area contributed by atoms with Crippen molar-refractivity contribution < 1.29 is 14.1 Å². The first-order valence-electron chi connectivity index (χ1n) is 11.5. The number of nitro benzene ring substituents is 1. The van der Waals surface area contributed by atoms with E-state index < -0.39 is 4.92 Å². The van der Waals surface area contributed by atoms with E-state index in [1.165, 1.54) is 24.3 Å². The Morgan fingerprint density at radius 2 is 1.82 bits per heavy atom. The first kappa shape index (κ1) is 22.2. The molecule has 1 amide bonds. The maximum atomic E-state index is 13.6. The number of pyridine rings is 1. The summed E-state index contributed by atoms with van der Waals surface area (Å²) in [6, 6.07) is 13.2. The molecular formula is C25H26FN5O3. The van der Waals surface area contributed by atoms with E-state index in [1.54, 1.807) is 24.4 Å². The number of halogens is 1. The highest BCUT2D eigenvalue weighted by molar-refractivity contribution is 5.91. The molecule has 0 radical (unpaired) electrons. The molecule has 5 rings (SSSR count). The van der Waals surface area contributed by atoms with Crippen molar-refractivity contribution in [2.24, 2.45) is 5.92 Å². The molecular weight excluding hydrogens is 437 g/mol. The number of nitrogens with zero attached hydrogens (tertiary/aromatic N) is 5. The zero-order chi connectivity index (χ0) is 23.7. The lowest BCUT2D eigenvalue weighted by atomic mass is 10.1. The van der Waals surface area contributed by atoms with E-state index >= 15 is 0 Å². The minimum Gasteiger partial charge on any atom is -0.367 e. The van der Waals surface area contributed by atoms with Gasteiger partial charge in [-0.3, -0.25) is 24.8 Å². The lowest BCUT2D eigenvalue weighted by molar-refractivity contribution is -0.384. The van der Waals surface area contributed by atoms with Crippen LogP contribution >= 0.6 is 0 Å². The van der Waals surface area contributed by atoms with Gasteiger partial charge in [0.05, 0.1) is 16.4 Å². The molecule has 9 heteroatoms. The number of likely N-dealkylation sites (tertiary alicyclic amines) is 1. The number of hydrogen-bond donors (Lipinski definition) is 0. The Bertz CT molecular complexity index is 1210. The zero-order valence-corrected chi connectivity index (χ0v) is 18.8. The van der Waals surface area contributed by atoms with E-state index in [2.05, 4.69) is 14.8 Å². The topological polar surface area (TPSA) is 82.8 Å². The van der Waals surface area contributed by atoms with Crippen LogP contribution in [0.5, 0.6) is 0 Å². The Morgan fingerprint density at radius 3 is 2.56 bits per heavy atom. The lowest BCUT2D eigenvalue weighted by Crippen LogP contribution is -2.50. The summed E-state index contributed by atoms with van der Waals surface area (Å²) in [5.41, 5.74) is 2.75. The molecule has 176 valence electrons. The molecule has 0 bridgehead atoms. The number of carbonyl (C=O) groups is 1. The number of rotatable bonds is 5. The molecule has 3 aromatic rings. The first-order chi connectivity index (χ1) is 16.5. The molecule has 1 unspecified atom stereocenters. The highest BCUT2D eigenvalue weighted by Crippen LogP contribution is 2.28. The van der Waals surface area contributed by atoms with E-state index in [0.717, 1.165) is 42.7 Å². The third kappa shape index (κ3) is 4.56. The monoisotopic (exact) mass is 463 g/mol. The zero-order valence-electron chi connectivity index (χ0n) is 18.8. The van der Waals surface area contributed by atoms with Crippen LogP contribution in [0.4, 0.5) is 15.8 Å². The number of nitro groups is 1. The van der Waals surface area contributed by atoms with Crippen LogP contribution in [-0.2, 0) is 11.3 Å². The smallest absolute Gasteiger partial charge is 0.269 e. The molecule has 0 N–H and O–H groups in total. The average Bonchev–Trinajstić information content (AvgIpc) is 3.32. The molecule has 0 aliphatic carbocycles. The fourth-order valence-electron chi connectivity index (χ4n) is 4.97. The number of aromatic nitrogens is 1. The Morgan fingerprint density at radius 1 is 1.06 bits per heavy atom. The SMILES string of the molecule is O=C(C1CCN(Cc2ccc([N+](=O)[O-])cc2)C1)N1CCN(c2ccnc3cc(F)ccc23)CC1. The van der Waals surface area contributed by atoms with Crippen molar-refractivity contribution in [2.45, 2.75) is 13.0 Å². The van der Waals surface area contributed by atoms with Crippen LogP contribution in [-0.4, -0.2) is 64.9 Å². The summed E-state index contributed by atoms with van der Waals surface area (Å²) in [5.74, 6) is -0.117. The Labute approximate surface area is 196 Å². The molecule has 2 aliphatic heterocycles. The number of piperazine rings is 1. The molecule has 2 aliphatic rings. The van der Waals surface area contributed by atoms with Gasteiger partial charge in [-0.15, -0.1) is 0 Å². The molecule has 2 fully saturated rings. The van der Waals surface area contributed by atoms with E-state index in [0.29, 0.717) is 31.7 Å². The van der Waals surface area contributed by atoms with Crippen LogP contribution in [0.1, 0.15) is 12.0 Å². The normalized spacial score (nSPS) is 19.0. The van der Waals surface area contributed by atoms with Gasteiger partial charge in [0.15, 0.2) is 0 Å². The van der Waals surface area contributed by atoms with Crippen molar-refractivity contribution in [1.82, 2.24) is 14.8 Å². The van der Waals surface area contributed by atoms with Crippen LogP contribution in [0.2, 0.25) is 0 Å². The summed E-state index contributed by atoms with van der Waals surface area (Å²) in [4.78, 5) is 34.3. The van der Waals surface area contributed by atoms with Crippen LogP contribution in [0.15, 0.2) is 54.7 Å². The first-order valence-corrected chi connectivity index (χ1v) is 11.5. The van der Waals surface area contributed by atoms with Crippen molar-refractivity contribution >= 4 is 28.2 Å². The standard InChI is InChI=1S/C25H26FN5O3/c26-20-3-6-22-23(15-20)27-9-7-24(22)29-11-13-30(14-12-29)25(32)19-8-10-28(17-19)16-18-1-4-21(5-2-18)31(33)34/h1-7,9,15,19H,8,10-14,16-17H2. The van der Waals surface area contributed by atoms with Crippen molar-refractivity contribution in [3.8, 4) is 0 Å². The third-order valence-corrected chi connectivity index (χ3v) is 6.79. The van der Waals surface area contributed by atoms with Crippen LogP contribution in [0.3, 0.4) is 0 Å². The van der Waals surface area contributed by atoms with Crippen molar-refractivity contribution in [1.29, 1.82) is 0 Å². The molecule has 34 heavy (non-hydrogen) atoms. The number of amides is 1. The maximum absolute atomic E-state index is 13.6. The van der Waals surface area contributed by atoms with Gasteiger partial charge in [0.1, 0.15) is 5.82 Å². The molecule has 8 nitrogen and oxygen atoms in total. The Kier molecular flexibility index (Phi) is 6.10. The summed E-state index contributed by atoms with van der Waals surface area (Å²) in [6.45, 7) is 4.99. The van der Waals surface area contributed by atoms with E-state index in [1.807, 2.05) is 11.0 Å². The van der Waals surface area contributed by atoms with Gasteiger partial charge in [-0.2, -0.15) is 0 Å². The van der Waals surface area contributed by atoms with Gasteiger partial charge in [-0.05, 0) is 36.7 Å². The van der Waals surface area contributed by atoms with Crippen molar-refractivity contribution in [2.75, 3.05) is 44.2 Å². The number of hydrogen-bond acceptors (Lipinski definition) is 6. The molecule has 0 spiro atoms. The predicted molar refractivity (Wildman–Crippen MR) is 127 cm³/mol. The summed E-state index contributed by atoms with van der Waals surface area (Å²) in [5, 5.41) is 11.7. The fourth-order valence-corrected chi connectivity index (χ4v) is 4.97. The quantitative estimate of drug-likeness (QED) is 0.426. The van der Waals surface area contributed by atoms with Gasteiger partial charge in [-0.25, -0.2) is 4.39 Å². The van der Waals surface area contributed by atoms with Gasteiger partial charge in [0.25, 0.3) is 5.69 Å². The largest absolute Gasteiger partial charge is 0.367 e. The second-order valence-corrected chi connectivity index (χ2v) is 8.95. The Hall–Kier alpha value is -3.59. The van der Waals surface area contributed by atoms with Crippen molar-refractivity contribution in [3.63, 3.8) is 0 Å². The number of carbonyl (C=O) groups excluding carboxylic acids is 1. The lowest BCUT2D eigenvalue weighted by Gasteiger charge is -2.37. The predicted octanol–water partition coefficient (Wildman–Crippen LogP) is 3.45. The molecule has 3 heterocycles. The summed E-state index contributed by atoms with van der Waals surface area (Å²) < 4.78 is 13.6. The van der Waals surface area contributed by atoms with Gasteiger partial charge in [0.2, 0.25) is 5.91 Å². The average molecular weight is 464 g/mol. The van der Waals surface area contributed by atoms with Crippen molar-refractivity contribution in [3.05, 3.63) is 76.2 Å². The van der Waals surface area contributed by atoms with Crippen LogP contribution in [0.25, 0.3) is 10.9 Å². The number of benzene rings is 2. The van der Waals surface area contributed by atoms with Gasteiger partial charge in [0, 0.05) is 74.7 Å². The number of non-ortho nitro benzene ring substituents is 1. The summed E-state index contributed by atoms with van der Waals surface area (Å²) in [7, 11) is 0. The molecule has 0 saturated carbocycles. The van der Waals surface area contributed by atoms with Gasteiger partial charge >= 0.3 is 0 Å². The highest BCUT2D eigenvalue weighted by Gasteiger charge is 2.33. The van der Waals surface area contributed by atoms with E-state index in [-0.39, 0.29) is 23.3 Å². The molecule has 1 atom stereocenters. The molecule has 2 aromatic carbocycles. The number of anilines is 1. The second-order valence-electron chi connectivity index (χ2n) is 8.95. The molecule has 2 saturated heterocycles. The van der Waals surface area contributed by atoms with Crippen LogP contribution in [0, 0.1) is 21.8 Å². The van der Waals surface area contributed by atoms with E-state index in [4.69, 9.17) is 0 Å². The summed E-state index contributed by atoms with van der Waals surface area (Å²) in [6.07, 6.45) is 2.53. The minimum absolute atomic E-state index is 0.0191. The van der Waals surface area contributed by atoms with E-state index in [9.17, 15) is 19.3 Å². The molecule has 1 aromatic heterocycles. The highest BCUT2D eigenvalue weighted by atomic mass is 19.1. The van der Waals surface area contributed by atoms with Crippen LogP contribution < -0.4 is 4.90 Å². The third-order valence-electron chi connectivity index (χ3n) is 6.79. The van der Waals surface area contributed by atoms with Gasteiger partial charge in [-0.1, -0.05) is 12.1 Å². The Balaban J connectivity index is 1.16. The number of fused-ring (bicyclic) bond motifs is 1.